The Kier molecular flexibility index (Phi) is 7.01. The minimum Gasteiger partial charge on any atom is -0.436 e. The van der Waals surface area contributed by atoms with Gasteiger partial charge in [-0.05, 0) is 62.2 Å². The molecule has 0 radical (unpaired) electrons. The van der Waals surface area contributed by atoms with Crippen molar-refractivity contribution in [2.45, 2.75) is 6.18 Å². The topological polar surface area (TPSA) is 88.2 Å². The summed E-state index contributed by atoms with van der Waals surface area (Å²) in [4.78, 5) is 20.3. The fourth-order valence-electron chi connectivity index (χ4n) is 2.43. The SMILES string of the molecule is CNc1cc(Oc2c(Br)cc(NC(=O)Nc3cccc(C(F)(F)F)c3)cc2Br)ncn1. The lowest BCUT2D eigenvalue weighted by Crippen LogP contribution is -2.19. The van der Waals surface area contributed by atoms with E-state index in [1.165, 1.54) is 18.5 Å². The highest BCUT2D eigenvalue weighted by Crippen LogP contribution is 2.39. The number of urea groups is 1. The maximum absolute atomic E-state index is 12.8. The van der Waals surface area contributed by atoms with Crippen molar-refractivity contribution in [1.82, 2.24) is 9.97 Å². The summed E-state index contributed by atoms with van der Waals surface area (Å²) in [5.74, 6) is 1.27. The zero-order chi connectivity index (χ0) is 22.6. The first-order valence-electron chi connectivity index (χ1n) is 8.57. The minimum atomic E-state index is -4.50. The van der Waals surface area contributed by atoms with E-state index in [0.29, 0.717) is 32.1 Å². The molecule has 0 aliphatic rings. The zero-order valence-corrected chi connectivity index (χ0v) is 18.9. The van der Waals surface area contributed by atoms with Gasteiger partial charge in [-0.3, -0.25) is 0 Å². The van der Waals surface area contributed by atoms with E-state index >= 15 is 0 Å². The second-order valence-electron chi connectivity index (χ2n) is 6.02. The van der Waals surface area contributed by atoms with Gasteiger partial charge in [0.15, 0.2) is 5.75 Å². The molecule has 0 fully saturated rings. The number of nitrogens with zero attached hydrogens (tertiary/aromatic N) is 2. The molecular formula is C19H14Br2F3N5O2. The van der Waals surface area contributed by atoms with E-state index in [4.69, 9.17) is 4.74 Å². The molecule has 12 heteroatoms. The van der Waals surface area contributed by atoms with E-state index in [9.17, 15) is 18.0 Å². The Labute approximate surface area is 191 Å². The first-order valence-corrected chi connectivity index (χ1v) is 10.2. The Morgan fingerprint density at radius 2 is 1.68 bits per heavy atom. The Balaban J connectivity index is 1.72. The lowest BCUT2D eigenvalue weighted by Gasteiger charge is -2.13. The van der Waals surface area contributed by atoms with Gasteiger partial charge < -0.3 is 20.7 Å². The van der Waals surface area contributed by atoms with Crippen LogP contribution >= 0.6 is 31.9 Å². The third-order valence-corrected chi connectivity index (χ3v) is 4.99. The summed E-state index contributed by atoms with van der Waals surface area (Å²) in [5, 5.41) is 7.80. The maximum Gasteiger partial charge on any atom is 0.416 e. The van der Waals surface area contributed by atoms with Crippen molar-refractivity contribution in [3.8, 4) is 11.6 Å². The molecule has 3 rings (SSSR count). The Morgan fingerprint density at radius 1 is 1.00 bits per heavy atom. The van der Waals surface area contributed by atoms with Crippen LogP contribution in [-0.2, 0) is 6.18 Å². The average molecular weight is 561 g/mol. The number of benzene rings is 2. The van der Waals surface area contributed by atoms with Crippen LogP contribution in [0.5, 0.6) is 11.6 Å². The zero-order valence-electron chi connectivity index (χ0n) is 15.7. The number of ether oxygens (including phenoxy) is 1. The van der Waals surface area contributed by atoms with E-state index in [-0.39, 0.29) is 5.69 Å². The van der Waals surface area contributed by atoms with Crippen LogP contribution in [0.4, 0.5) is 35.2 Å². The molecule has 0 atom stereocenters. The first kappa shape index (κ1) is 22.8. The van der Waals surface area contributed by atoms with Gasteiger partial charge in [0.25, 0.3) is 0 Å². The molecule has 3 aromatic rings. The second-order valence-corrected chi connectivity index (χ2v) is 7.73. The molecule has 0 aliphatic heterocycles. The molecule has 2 amide bonds. The standard InChI is InChI=1S/C19H14Br2F3N5O2/c1-25-15-8-16(27-9-26-15)31-17-13(20)6-12(7-14(17)21)29-18(30)28-11-4-2-3-10(5-11)19(22,23)24/h2-9H,1H3,(H,25,26,27)(H2,28,29,30). The number of hydrogen-bond acceptors (Lipinski definition) is 5. The monoisotopic (exact) mass is 559 g/mol. The lowest BCUT2D eigenvalue weighted by molar-refractivity contribution is -0.137. The summed E-state index contributed by atoms with van der Waals surface area (Å²) in [6.45, 7) is 0. The van der Waals surface area contributed by atoms with Crippen molar-refractivity contribution in [2.24, 2.45) is 0 Å². The van der Waals surface area contributed by atoms with Gasteiger partial charge in [-0.25, -0.2) is 14.8 Å². The maximum atomic E-state index is 12.8. The van der Waals surface area contributed by atoms with Gasteiger partial charge in [-0.15, -0.1) is 0 Å². The van der Waals surface area contributed by atoms with Gasteiger partial charge in [0.05, 0.1) is 14.5 Å². The third-order valence-electron chi connectivity index (χ3n) is 3.81. The van der Waals surface area contributed by atoms with Crippen molar-refractivity contribution in [1.29, 1.82) is 0 Å². The van der Waals surface area contributed by atoms with E-state index in [0.717, 1.165) is 12.1 Å². The molecule has 3 N–H and O–H groups in total. The lowest BCUT2D eigenvalue weighted by atomic mass is 10.2. The van der Waals surface area contributed by atoms with Crippen LogP contribution in [0.1, 0.15) is 5.56 Å². The van der Waals surface area contributed by atoms with Gasteiger partial charge in [0, 0.05) is 24.5 Å². The highest BCUT2D eigenvalue weighted by molar-refractivity contribution is 9.11. The van der Waals surface area contributed by atoms with Crippen molar-refractivity contribution >= 4 is 55.1 Å². The van der Waals surface area contributed by atoms with Crippen LogP contribution in [-0.4, -0.2) is 23.0 Å². The molecule has 0 saturated heterocycles. The average Bonchev–Trinajstić information content (AvgIpc) is 2.70. The number of halogens is 5. The summed E-state index contributed by atoms with van der Waals surface area (Å²) in [6, 6.07) is 8.40. The van der Waals surface area contributed by atoms with Gasteiger partial charge in [0.2, 0.25) is 5.88 Å². The van der Waals surface area contributed by atoms with Gasteiger partial charge in [-0.1, -0.05) is 6.07 Å². The van der Waals surface area contributed by atoms with E-state index in [1.807, 2.05) is 0 Å². The Bertz CT molecular complexity index is 1090. The number of carbonyl (C=O) groups is 1. The summed E-state index contributed by atoms with van der Waals surface area (Å²) in [5.41, 5.74) is -0.480. The third kappa shape index (κ3) is 6.07. The fourth-order valence-corrected chi connectivity index (χ4v) is 3.78. The molecule has 2 aromatic carbocycles. The number of alkyl halides is 3. The van der Waals surface area contributed by atoms with E-state index in [2.05, 4.69) is 57.8 Å². The molecule has 0 spiro atoms. The number of aromatic nitrogens is 2. The summed E-state index contributed by atoms with van der Waals surface area (Å²) < 4.78 is 45.2. The molecular weight excluding hydrogens is 547 g/mol. The predicted molar refractivity (Wildman–Crippen MR) is 118 cm³/mol. The van der Waals surface area contributed by atoms with Crippen LogP contribution in [0.3, 0.4) is 0 Å². The van der Waals surface area contributed by atoms with E-state index in [1.54, 1.807) is 25.2 Å². The van der Waals surface area contributed by atoms with Crippen LogP contribution < -0.4 is 20.7 Å². The number of hydrogen-bond donors (Lipinski definition) is 3. The smallest absolute Gasteiger partial charge is 0.416 e. The summed E-state index contributed by atoms with van der Waals surface area (Å²) in [6.07, 6.45) is -3.16. The fraction of sp³-hybridized carbons (Fsp3) is 0.105. The molecule has 0 unspecified atom stereocenters. The van der Waals surface area contributed by atoms with Crippen LogP contribution in [0, 0.1) is 0 Å². The number of rotatable bonds is 5. The van der Waals surface area contributed by atoms with Gasteiger partial charge >= 0.3 is 12.2 Å². The van der Waals surface area contributed by atoms with E-state index < -0.39 is 17.8 Å². The second kappa shape index (κ2) is 9.52. The number of anilines is 3. The highest BCUT2D eigenvalue weighted by atomic mass is 79.9. The molecule has 1 aromatic heterocycles. The first-order chi connectivity index (χ1) is 14.7. The number of nitrogens with one attached hydrogen (secondary N) is 3. The number of amides is 2. The highest BCUT2D eigenvalue weighted by Gasteiger charge is 2.30. The molecule has 1 heterocycles. The molecule has 0 saturated carbocycles. The van der Waals surface area contributed by atoms with Crippen LogP contribution in [0.15, 0.2) is 57.7 Å². The van der Waals surface area contributed by atoms with Crippen molar-refractivity contribution in [2.75, 3.05) is 23.0 Å². The molecule has 162 valence electrons. The van der Waals surface area contributed by atoms with Gasteiger partial charge in [-0.2, -0.15) is 13.2 Å². The Hall–Kier alpha value is -2.86. The molecule has 7 nitrogen and oxygen atoms in total. The van der Waals surface area contributed by atoms with Gasteiger partial charge in [0.1, 0.15) is 12.1 Å². The quantitative estimate of drug-likeness (QED) is 0.331. The van der Waals surface area contributed by atoms with Crippen molar-refractivity contribution < 1.29 is 22.7 Å². The molecule has 0 bridgehead atoms. The van der Waals surface area contributed by atoms with Crippen molar-refractivity contribution in [3.63, 3.8) is 0 Å². The normalized spacial score (nSPS) is 11.0. The molecule has 31 heavy (non-hydrogen) atoms. The summed E-state index contributed by atoms with van der Waals surface area (Å²) >= 11 is 6.74. The predicted octanol–water partition coefficient (Wildman–Crippen LogP) is 6.50. The van der Waals surface area contributed by atoms with Crippen molar-refractivity contribution in [3.05, 3.63) is 63.3 Å². The van der Waals surface area contributed by atoms with Crippen LogP contribution in [0.25, 0.3) is 0 Å². The molecule has 0 aliphatic carbocycles. The number of carbonyl (C=O) groups excluding carboxylic acids is 1. The minimum absolute atomic E-state index is 0.00880. The largest absolute Gasteiger partial charge is 0.436 e. The Morgan fingerprint density at radius 3 is 2.32 bits per heavy atom. The summed E-state index contributed by atoms with van der Waals surface area (Å²) in [7, 11) is 1.71. The van der Waals surface area contributed by atoms with Crippen LogP contribution in [0.2, 0.25) is 0 Å².